The first kappa shape index (κ1) is 24.1. The summed E-state index contributed by atoms with van der Waals surface area (Å²) in [5.41, 5.74) is 0.0501. The number of hydrogen-bond acceptors (Lipinski definition) is 5. The van der Waals surface area contributed by atoms with E-state index in [1.54, 1.807) is 12.1 Å². The molecule has 2 fully saturated rings. The number of hydrogen-bond donors (Lipinski definition) is 0. The number of likely N-dealkylation sites (tertiary alicyclic amines) is 1. The van der Waals surface area contributed by atoms with Crippen molar-refractivity contribution in [3.63, 3.8) is 0 Å². The van der Waals surface area contributed by atoms with Gasteiger partial charge in [0.1, 0.15) is 6.20 Å². The van der Waals surface area contributed by atoms with Crippen LogP contribution >= 0.6 is 0 Å². The molecule has 2 aliphatic rings. The van der Waals surface area contributed by atoms with Crippen LogP contribution in [0.25, 0.3) is 4.85 Å². The van der Waals surface area contributed by atoms with Crippen LogP contribution in [0.3, 0.4) is 0 Å². The molecule has 1 aromatic rings. The lowest BCUT2D eigenvalue weighted by Crippen LogP contribution is -2.58. The minimum absolute atomic E-state index is 0.102. The highest BCUT2D eigenvalue weighted by Gasteiger charge is 2.60. The fraction of sp³-hybridized carbons (Fsp3) is 0.632. The standard InChI is InChI=1S/C19H20F6N4O3/c1-26-14-13(3-2-6-27-14)11-28-9-10-31-17(12-28)4-7-29(8-5-17)16(30)32-15(18(20,21)22)19(23,24)25/h2-3,6,15H,4-5,7-12H2. The third-order valence-corrected chi connectivity index (χ3v) is 5.44. The molecule has 1 aromatic heterocycles. The van der Waals surface area contributed by atoms with E-state index in [0.717, 1.165) is 10.5 Å². The molecule has 0 unspecified atom stereocenters. The molecule has 2 saturated heterocycles. The van der Waals surface area contributed by atoms with Gasteiger partial charge in [0.05, 0.1) is 12.2 Å². The number of rotatable bonds is 3. The van der Waals surface area contributed by atoms with Crippen molar-refractivity contribution in [3.8, 4) is 0 Å². The molecule has 3 heterocycles. The number of amides is 1. The average Bonchev–Trinajstić information content (AvgIpc) is 2.71. The number of nitrogens with zero attached hydrogens (tertiary/aromatic N) is 4. The van der Waals surface area contributed by atoms with E-state index in [4.69, 9.17) is 11.3 Å². The molecular weight excluding hydrogens is 446 g/mol. The van der Waals surface area contributed by atoms with Crippen molar-refractivity contribution in [1.29, 1.82) is 0 Å². The number of morpholine rings is 1. The Bertz CT molecular complexity index is 848. The summed E-state index contributed by atoms with van der Waals surface area (Å²) in [6.07, 6.45) is -15.4. The number of pyridine rings is 1. The first-order chi connectivity index (χ1) is 14.9. The molecule has 0 bridgehead atoms. The molecule has 0 aromatic carbocycles. The van der Waals surface area contributed by atoms with Gasteiger partial charge in [-0.15, -0.1) is 4.98 Å². The van der Waals surface area contributed by atoms with E-state index in [2.05, 4.69) is 14.6 Å². The predicted octanol–water partition coefficient (Wildman–Crippen LogP) is 3.93. The van der Waals surface area contributed by atoms with Crippen LogP contribution in [0.1, 0.15) is 18.4 Å². The third kappa shape index (κ3) is 5.60. The van der Waals surface area contributed by atoms with Crippen molar-refractivity contribution in [2.45, 2.75) is 43.4 Å². The highest BCUT2D eigenvalue weighted by Crippen LogP contribution is 2.37. The third-order valence-electron chi connectivity index (χ3n) is 5.44. The van der Waals surface area contributed by atoms with Crippen molar-refractivity contribution < 1.29 is 40.6 Å². The summed E-state index contributed by atoms with van der Waals surface area (Å²) in [5.74, 6) is 0.287. The summed E-state index contributed by atoms with van der Waals surface area (Å²) in [6, 6.07) is 3.51. The maximum absolute atomic E-state index is 12.6. The molecule has 0 saturated carbocycles. The zero-order chi connectivity index (χ0) is 23.6. The Hall–Kier alpha value is -2.59. The Morgan fingerprint density at radius 1 is 1.22 bits per heavy atom. The average molecular weight is 466 g/mol. The van der Waals surface area contributed by atoms with Gasteiger partial charge in [0.25, 0.3) is 11.9 Å². The second-order valence-electron chi connectivity index (χ2n) is 7.67. The van der Waals surface area contributed by atoms with E-state index in [1.807, 2.05) is 4.90 Å². The van der Waals surface area contributed by atoms with Gasteiger partial charge in [-0.2, -0.15) is 26.3 Å². The summed E-state index contributed by atoms with van der Waals surface area (Å²) in [6.45, 7) is 8.84. The number of ether oxygens (including phenoxy) is 2. The summed E-state index contributed by atoms with van der Waals surface area (Å²) in [4.78, 5) is 22.3. The van der Waals surface area contributed by atoms with Crippen molar-refractivity contribution >= 4 is 11.9 Å². The largest absolute Gasteiger partial charge is 0.434 e. The maximum atomic E-state index is 12.6. The Balaban J connectivity index is 1.59. The topological polar surface area (TPSA) is 59.3 Å². The number of halogens is 6. The highest BCUT2D eigenvalue weighted by molar-refractivity contribution is 5.68. The van der Waals surface area contributed by atoms with E-state index >= 15 is 0 Å². The Labute approximate surface area is 179 Å². The molecule has 1 amide bonds. The van der Waals surface area contributed by atoms with Gasteiger partial charge in [0, 0.05) is 32.7 Å². The zero-order valence-electron chi connectivity index (χ0n) is 16.7. The van der Waals surface area contributed by atoms with Crippen LogP contribution < -0.4 is 0 Å². The van der Waals surface area contributed by atoms with Gasteiger partial charge in [-0.25, -0.2) is 4.79 Å². The van der Waals surface area contributed by atoms with Crippen molar-refractivity contribution in [2.24, 2.45) is 0 Å². The molecule has 1 spiro atoms. The zero-order valence-corrected chi connectivity index (χ0v) is 16.7. The van der Waals surface area contributed by atoms with Crippen LogP contribution in [0.4, 0.5) is 37.0 Å². The van der Waals surface area contributed by atoms with Crippen LogP contribution in [0, 0.1) is 6.57 Å². The minimum Gasteiger partial charge on any atom is -0.426 e. The fourth-order valence-corrected chi connectivity index (χ4v) is 3.85. The van der Waals surface area contributed by atoms with E-state index in [9.17, 15) is 31.1 Å². The molecule has 3 rings (SSSR count). The predicted molar refractivity (Wildman–Crippen MR) is 97.6 cm³/mol. The number of aromatic nitrogens is 1. The number of piperidine rings is 1. The molecular formula is C19H20F6N4O3. The van der Waals surface area contributed by atoms with E-state index in [-0.39, 0.29) is 31.7 Å². The molecule has 176 valence electrons. The lowest BCUT2D eigenvalue weighted by molar-refractivity contribution is -0.308. The quantitative estimate of drug-likeness (QED) is 0.499. The molecule has 0 atom stereocenters. The minimum atomic E-state index is -5.76. The van der Waals surface area contributed by atoms with Crippen LogP contribution in [-0.2, 0) is 16.0 Å². The van der Waals surface area contributed by atoms with Gasteiger partial charge >= 0.3 is 18.4 Å². The first-order valence-electron chi connectivity index (χ1n) is 9.70. The summed E-state index contributed by atoms with van der Waals surface area (Å²) in [7, 11) is 0. The van der Waals surface area contributed by atoms with Gasteiger partial charge in [-0.05, 0) is 24.5 Å². The maximum Gasteiger partial charge on any atom is 0.434 e. The molecule has 7 nitrogen and oxygen atoms in total. The van der Waals surface area contributed by atoms with E-state index in [1.165, 1.54) is 6.20 Å². The molecule has 13 heteroatoms. The van der Waals surface area contributed by atoms with Crippen molar-refractivity contribution in [1.82, 2.24) is 14.8 Å². The van der Waals surface area contributed by atoms with Gasteiger partial charge in [0.2, 0.25) is 0 Å². The number of carbonyl (C=O) groups excluding carboxylic acids is 1. The molecule has 2 aliphatic heterocycles. The van der Waals surface area contributed by atoms with Crippen LogP contribution in [0.2, 0.25) is 0 Å². The van der Waals surface area contributed by atoms with Gasteiger partial charge < -0.3 is 19.2 Å². The lowest BCUT2D eigenvalue weighted by Gasteiger charge is -2.47. The molecule has 32 heavy (non-hydrogen) atoms. The summed E-state index contributed by atoms with van der Waals surface area (Å²) in [5, 5.41) is 0. The van der Waals surface area contributed by atoms with E-state index < -0.39 is 30.2 Å². The van der Waals surface area contributed by atoms with Crippen molar-refractivity contribution in [2.75, 3.05) is 32.8 Å². The number of carbonyl (C=O) groups is 1. The molecule has 0 aliphatic carbocycles. The van der Waals surface area contributed by atoms with Gasteiger partial charge in [0.15, 0.2) is 0 Å². The van der Waals surface area contributed by atoms with Crippen LogP contribution in [0.5, 0.6) is 0 Å². The smallest absolute Gasteiger partial charge is 0.426 e. The highest BCUT2D eigenvalue weighted by atomic mass is 19.4. The number of alkyl halides is 6. The molecule has 0 N–H and O–H groups in total. The lowest BCUT2D eigenvalue weighted by atomic mass is 9.89. The Morgan fingerprint density at radius 3 is 2.47 bits per heavy atom. The fourth-order valence-electron chi connectivity index (χ4n) is 3.85. The Morgan fingerprint density at radius 2 is 1.88 bits per heavy atom. The summed E-state index contributed by atoms with van der Waals surface area (Å²) < 4.78 is 85.5. The van der Waals surface area contributed by atoms with E-state index in [0.29, 0.717) is 26.2 Å². The first-order valence-corrected chi connectivity index (χ1v) is 9.70. The van der Waals surface area contributed by atoms with Crippen molar-refractivity contribution in [3.05, 3.63) is 35.3 Å². The van der Waals surface area contributed by atoms with Gasteiger partial charge in [-0.3, -0.25) is 4.90 Å². The molecule has 0 radical (unpaired) electrons. The van der Waals surface area contributed by atoms with Crippen LogP contribution in [-0.4, -0.2) is 77.7 Å². The Kier molecular flexibility index (Phi) is 6.85. The van der Waals surface area contributed by atoms with Crippen LogP contribution in [0.15, 0.2) is 18.3 Å². The second-order valence-corrected chi connectivity index (χ2v) is 7.67. The monoisotopic (exact) mass is 466 g/mol. The normalized spacial score (nSPS) is 19.8. The summed E-state index contributed by atoms with van der Waals surface area (Å²) >= 11 is 0. The van der Waals surface area contributed by atoms with Gasteiger partial charge in [-0.1, -0.05) is 12.6 Å². The SMILES string of the molecule is [C-]#[N+]c1ncccc1CN1CCOC2(CCN(C(=O)OC(C(F)(F)F)C(F)(F)F)CC2)C1. The second kappa shape index (κ2) is 9.11.